The Morgan fingerprint density at radius 2 is 1.61 bits per heavy atom. The molecule has 104 valence electrons. The van der Waals surface area contributed by atoms with Crippen LogP contribution in [-0.4, -0.2) is 23.8 Å². The number of hydrogen-bond donors (Lipinski definition) is 0. The van der Waals surface area contributed by atoms with Crippen LogP contribution in [-0.2, 0) is 29.1 Å². The standard InChI is InChI=1S/C11H18O7/c1-7(2)14-10(13)17-16-9(12)8(3)15-18-11(4,5)6/h7H,3H2,1-2,4-6H3. The molecule has 18 heavy (non-hydrogen) atoms. The van der Waals surface area contributed by atoms with Crippen molar-refractivity contribution >= 4 is 12.1 Å². The summed E-state index contributed by atoms with van der Waals surface area (Å²) in [4.78, 5) is 39.6. The van der Waals surface area contributed by atoms with Crippen LogP contribution in [0.25, 0.3) is 0 Å². The van der Waals surface area contributed by atoms with Crippen molar-refractivity contribution in [3.05, 3.63) is 12.3 Å². The van der Waals surface area contributed by atoms with E-state index >= 15 is 0 Å². The second-order valence-corrected chi connectivity index (χ2v) is 4.57. The lowest BCUT2D eigenvalue weighted by Gasteiger charge is -2.17. The van der Waals surface area contributed by atoms with Gasteiger partial charge in [0.25, 0.3) is 0 Å². The molecule has 0 N–H and O–H groups in total. The molecule has 0 aliphatic carbocycles. The zero-order chi connectivity index (χ0) is 14.3. The Hall–Kier alpha value is -1.76. The Morgan fingerprint density at radius 3 is 2.06 bits per heavy atom. The predicted octanol–water partition coefficient (Wildman–Crippen LogP) is 2.27. The van der Waals surface area contributed by atoms with Crippen molar-refractivity contribution in [3.63, 3.8) is 0 Å². The summed E-state index contributed by atoms with van der Waals surface area (Å²) in [6, 6.07) is 0. The van der Waals surface area contributed by atoms with Gasteiger partial charge in [-0.3, -0.25) is 0 Å². The van der Waals surface area contributed by atoms with Gasteiger partial charge in [0.05, 0.1) is 6.10 Å². The van der Waals surface area contributed by atoms with E-state index in [1.807, 2.05) is 0 Å². The highest BCUT2D eigenvalue weighted by atomic mass is 17.3. The Bertz CT molecular complexity index is 314. The van der Waals surface area contributed by atoms with Gasteiger partial charge in [0.1, 0.15) is 5.60 Å². The highest BCUT2D eigenvalue weighted by Crippen LogP contribution is 2.10. The van der Waals surface area contributed by atoms with E-state index in [-0.39, 0.29) is 6.10 Å². The SMILES string of the molecule is C=C(OOC(C)(C)C)C(=O)OOC(=O)OC(C)C. The van der Waals surface area contributed by atoms with E-state index in [1.165, 1.54) is 0 Å². The van der Waals surface area contributed by atoms with Crippen molar-refractivity contribution in [3.8, 4) is 0 Å². The summed E-state index contributed by atoms with van der Waals surface area (Å²) < 4.78 is 4.55. The molecule has 0 aliphatic rings. The van der Waals surface area contributed by atoms with Gasteiger partial charge in [-0.15, -0.1) is 0 Å². The van der Waals surface area contributed by atoms with Gasteiger partial charge in [0.15, 0.2) is 0 Å². The van der Waals surface area contributed by atoms with Crippen molar-refractivity contribution in [1.82, 2.24) is 0 Å². The van der Waals surface area contributed by atoms with Crippen molar-refractivity contribution in [1.29, 1.82) is 0 Å². The van der Waals surface area contributed by atoms with Crippen LogP contribution >= 0.6 is 0 Å². The first-order valence-corrected chi connectivity index (χ1v) is 5.26. The normalized spacial score (nSPS) is 10.8. The molecule has 0 aromatic carbocycles. The molecular weight excluding hydrogens is 244 g/mol. The lowest BCUT2D eigenvalue weighted by Crippen LogP contribution is -2.22. The molecule has 0 fully saturated rings. The van der Waals surface area contributed by atoms with Crippen LogP contribution in [0.5, 0.6) is 0 Å². The van der Waals surface area contributed by atoms with Crippen LogP contribution < -0.4 is 0 Å². The summed E-state index contributed by atoms with van der Waals surface area (Å²) in [6.45, 7) is 11.6. The Balaban J connectivity index is 3.96. The first-order chi connectivity index (χ1) is 8.11. The Labute approximate surface area is 105 Å². The van der Waals surface area contributed by atoms with Crippen molar-refractivity contribution in [2.75, 3.05) is 0 Å². The fourth-order valence-electron chi connectivity index (χ4n) is 0.540. The van der Waals surface area contributed by atoms with E-state index in [0.29, 0.717) is 0 Å². The molecule has 0 bridgehead atoms. The van der Waals surface area contributed by atoms with E-state index in [0.717, 1.165) is 0 Å². The molecule has 0 aromatic heterocycles. The van der Waals surface area contributed by atoms with Crippen LogP contribution in [0.4, 0.5) is 4.79 Å². The lowest BCUT2D eigenvalue weighted by atomic mass is 10.2. The molecule has 0 saturated heterocycles. The molecule has 0 rings (SSSR count). The van der Waals surface area contributed by atoms with Crippen molar-refractivity contribution in [2.45, 2.75) is 46.3 Å². The van der Waals surface area contributed by atoms with Gasteiger partial charge < -0.3 is 9.62 Å². The zero-order valence-electron chi connectivity index (χ0n) is 11.1. The molecular formula is C11H18O7. The summed E-state index contributed by atoms with van der Waals surface area (Å²) in [6.07, 6.45) is -1.53. The predicted molar refractivity (Wildman–Crippen MR) is 59.9 cm³/mol. The average molecular weight is 262 g/mol. The van der Waals surface area contributed by atoms with Gasteiger partial charge in [0.2, 0.25) is 5.76 Å². The molecule has 7 nitrogen and oxygen atoms in total. The fourth-order valence-corrected chi connectivity index (χ4v) is 0.540. The molecule has 0 saturated carbocycles. The van der Waals surface area contributed by atoms with Gasteiger partial charge in [-0.25, -0.2) is 14.6 Å². The lowest BCUT2D eigenvalue weighted by molar-refractivity contribution is -0.326. The molecule has 0 unspecified atom stereocenters. The third-order valence-electron chi connectivity index (χ3n) is 1.14. The minimum Gasteiger partial charge on any atom is -0.429 e. The summed E-state index contributed by atoms with van der Waals surface area (Å²) in [5.74, 6) is -1.55. The van der Waals surface area contributed by atoms with Gasteiger partial charge in [-0.1, -0.05) is 0 Å². The third kappa shape index (κ3) is 8.40. The highest BCUT2D eigenvalue weighted by molar-refractivity contribution is 5.85. The molecule has 0 aromatic rings. The number of rotatable bonds is 4. The second kappa shape index (κ2) is 6.85. The molecule has 0 aliphatic heterocycles. The third-order valence-corrected chi connectivity index (χ3v) is 1.14. The highest BCUT2D eigenvalue weighted by Gasteiger charge is 2.20. The molecule has 0 radical (unpaired) electrons. The first kappa shape index (κ1) is 16.2. The number of carbonyl (C=O) groups excluding carboxylic acids is 2. The number of hydrogen-bond acceptors (Lipinski definition) is 7. The average Bonchev–Trinajstić information content (AvgIpc) is 2.20. The fraction of sp³-hybridized carbons (Fsp3) is 0.636. The van der Waals surface area contributed by atoms with Gasteiger partial charge in [-0.05, 0) is 41.2 Å². The molecule has 0 atom stereocenters. The topological polar surface area (TPSA) is 80.3 Å². The maximum atomic E-state index is 11.2. The summed E-state index contributed by atoms with van der Waals surface area (Å²) in [5.41, 5.74) is -0.624. The molecule has 0 amide bonds. The van der Waals surface area contributed by atoms with Crippen molar-refractivity contribution < 1.29 is 33.9 Å². The molecule has 0 heterocycles. The van der Waals surface area contributed by atoms with Crippen LogP contribution in [0.15, 0.2) is 12.3 Å². The number of ether oxygens (including phenoxy) is 1. The minimum atomic E-state index is -1.14. The molecule has 0 spiro atoms. The van der Waals surface area contributed by atoms with E-state index in [1.54, 1.807) is 34.6 Å². The zero-order valence-corrected chi connectivity index (χ0v) is 11.1. The second-order valence-electron chi connectivity index (χ2n) is 4.57. The monoisotopic (exact) mass is 262 g/mol. The summed E-state index contributed by atoms with van der Waals surface area (Å²) in [7, 11) is 0. The van der Waals surface area contributed by atoms with E-state index in [9.17, 15) is 9.59 Å². The van der Waals surface area contributed by atoms with Gasteiger partial charge >= 0.3 is 12.1 Å². The van der Waals surface area contributed by atoms with Crippen LogP contribution in [0.3, 0.4) is 0 Å². The number of carbonyl (C=O) groups is 2. The quantitative estimate of drug-likeness (QED) is 0.253. The first-order valence-electron chi connectivity index (χ1n) is 5.26. The summed E-state index contributed by atoms with van der Waals surface area (Å²) in [5, 5.41) is 0. The summed E-state index contributed by atoms with van der Waals surface area (Å²) >= 11 is 0. The smallest absolute Gasteiger partial charge is 0.429 e. The van der Waals surface area contributed by atoms with Gasteiger partial charge in [-0.2, -0.15) is 9.68 Å². The Kier molecular flexibility index (Phi) is 6.18. The van der Waals surface area contributed by atoms with Crippen LogP contribution in [0.1, 0.15) is 34.6 Å². The Morgan fingerprint density at radius 1 is 1.06 bits per heavy atom. The van der Waals surface area contributed by atoms with Gasteiger partial charge in [0, 0.05) is 0 Å². The van der Waals surface area contributed by atoms with Crippen LogP contribution in [0, 0.1) is 0 Å². The maximum absolute atomic E-state index is 11.2. The molecule has 7 heteroatoms. The van der Waals surface area contributed by atoms with E-state index in [4.69, 9.17) is 4.89 Å². The maximum Gasteiger partial charge on any atom is 0.550 e. The van der Waals surface area contributed by atoms with Crippen LogP contribution in [0.2, 0.25) is 0 Å². The van der Waals surface area contributed by atoms with E-state index in [2.05, 4.69) is 26.0 Å². The largest absolute Gasteiger partial charge is 0.550 e. The van der Waals surface area contributed by atoms with E-state index < -0.39 is 23.5 Å². The minimum absolute atomic E-state index is 0.389. The van der Waals surface area contributed by atoms with Crippen molar-refractivity contribution in [2.24, 2.45) is 0 Å².